The Morgan fingerprint density at radius 3 is 2.41 bits per heavy atom. The van der Waals surface area contributed by atoms with Crippen molar-refractivity contribution < 1.29 is 19.1 Å². The number of likely N-dealkylation sites (tertiary alicyclic amines) is 1. The van der Waals surface area contributed by atoms with E-state index in [1.54, 1.807) is 4.90 Å². The second-order valence-electron chi connectivity index (χ2n) is 8.23. The molecular weight excluding hydrogens is 344 g/mol. The summed E-state index contributed by atoms with van der Waals surface area (Å²) in [5, 5.41) is 3.01. The number of hydrogen-bond donors (Lipinski definition) is 1. The Morgan fingerprint density at radius 1 is 1.19 bits per heavy atom. The molecule has 0 saturated carbocycles. The highest BCUT2D eigenvalue weighted by molar-refractivity contribution is 5.79. The molecule has 1 fully saturated rings. The highest BCUT2D eigenvalue weighted by atomic mass is 16.6. The quantitative estimate of drug-likeness (QED) is 0.850. The van der Waals surface area contributed by atoms with Gasteiger partial charge >= 0.3 is 6.09 Å². The average molecular weight is 376 g/mol. The Hall–Kier alpha value is -2.24. The number of nitrogens with one attached hydrogen (secondary N) is 1. The molecule has 6 heteroatoms. The maximum absolute atomic E-state index is 12.5. The molecule has 150 valence electrons. The molecule has 2 amide bonds. The van der Waals surface area contributed by atoms with E-state index in [0.717, 1.165) is 11.3 Å². The van der Waals surface area contributed by atoms with Gasteiger partial charge in [-0.15, -0.1) is 0 Å². The molecule has 0 spiro atoms. The Kier molecular flexibility index (Phi) is 7.11. The highest BCUT2D eigenvalue weighted by Gasteiger charge is 2.29. The van der Waals surface area contributed by atoms with Crippen LogP contribution in [0, 0.1) is 5.92 Å². The van der Waals surface area contributed by atoms with E-state index in [1.807, 2.05) is 58.9 Å². The standard InChI is InChI=1S/C21H32N2O4/c1-15(2)26-18-9-7-6-8-17(18)14-22-19(24)16-10-12-23(13-11-16)20(25)27-21(3,4)5/h6-9,15-16H,10-14H2,1-5H3,(H,22,24). The number of ether oxygens (including phenoxy) is 2. The van der Waals surface area contributed by atoms with E-state index in [1.165, 1.54) is 0 Å². The van der Waals surface area contributed by atoms with Gasteiger partial charge in [0.1, 0.15) is 11.4 Å². The summed E-state index contributed by atoms with van der Waals surface area (Å²) in [5.74, 6) is 0.743. The van der Waals surface area contributed by atoms with Gasteiger partial charge in [0.25, 0.3) is 0 Å². The molecule has 2 rings (SSSR count). The Morgan fingerprint density at radius 2 is 1.81 bits per heavy atom. The van der Waals surface area contributed by atoms with E-state index < -0.39 is 5.60 Å². The van der Waals surface area contributed by atoms with E-state index in [0.29, 0.717) is 32.5 Å². The summed E-state index contributed by atoms with van der Waals surface area (Å²) in [6, 6.07) is 7.74. The van der Waals surface area contributed by atoms with E-state index in [9.17, 15) is 9.59 Å². The van der Waals surface area contributed by atoms with E-state index in [-0.39, 0.29) is 24.0 Å². The van der Waals surface area contributed by atoms with Crippen LogP contribution in [0.25, 0.3) is 0 Å². The molecule has 1 aliphatic rings. The first-order valence-electron chi connectivity index (χ1n) is 9.66. The Balaban J connectivity index is 1.82. The number of piperidine rings is 1. The zero-order valence-corrected chi connectivity index (χ0v) is 17.1. The van der Waals surface area contributed by atoms with Gasteiger partial charge in [-0.3, -0.25) is 4.79 Å². The summed E-state index contributed by atoms with van der Waals surface area (Å²) in [5.41, 5.74) is 0.460. The van der Waals surface area contributed by atoms with E-state index in [2.05, 4.69) is 5.32 Å². The van der Waals surface area contributed by atoms with E-state index >= 15 is 0 Å². The third-order valence-corrected chi connectivity index (χ3v) is 4.31. The molecule has 0 aliphatic carbocycles. The van der Waals surface area contributed by atoms with Gasteiger partial charge in [0.15, 0.2) is 0 Å². The fraction of sp³-hybridized carbons (Fsp3) is 0.619. The van der Waals surface area contributed by atoms with Crippen molar-refractivity contribution in [3.05, 3.63) is 29.8 Å². The summed E-state index contributed by atoms with van der Waals surface area (Å²) in [6.07, 6.45) is 1.07. The molecule has 0 aromatic heterocycles. The van der Waals surface area contributed by atoms with E-state index in [4.69, 9.17) is 9.47 Å². The molecule has 0 unspecified atom stereocenters. The molecule has 1 aromatic carbocycles. The molecule has 1 N–H and O–H groups in total. The van der Waals surface area contributed by atoms with Gasteiger partial charge < -0.3 is 19.7 Å². The number of benzene rings is 1. The molecule has 6 nitrogen and oxygen atoms in total. The number of para-hydroxylation sites is 1. The molecule has 1 heterocycles. The van der Waals surface area contributed by atoms with Crippen LogP contribution >= 0.6 is 0 Å². The molecule has 0 atom stereocenters. The van der Waals surface area contributed by atoms with Crippen molar-refractivity contribution in [1.82, 2.24) is 10.2 Å². The minimum atomic E-state index is -0.503. The third kappa shape index (κ3) is 6.77. The van der Waals surface area contributed by atoms with Crippen LogP contribution in [0.3, 0.4) is 0 Å². The summed E-state index contributed by atoms with van der Waals surface area (Å²) in [7, 11) is 0. The minimum absolute atomic E-state index is 0.0261. The SMILES string of the molecule is CC(C)Oc1ccccc1CNC(=O)C1CCN(C(=O)OC(C)(C)C)CC1. The molecule has 0 radical (unpaired) electrons. The lowest BCUT2D eigenvalue weighted by Gasteiger charge is -2.33. The zero-order valence-electron chi connectivity index (χ0n) is 17.1. The molecule has 1 aromatic rings. The second-order valence-corrected chi connectivity index (χ2v) is 8.23. The van der Waals surface area contributed by atoms with Gasteiger partial charge in [-0.2, -0.15) is 0 Å². The minimum Gasteiger partial charge on any atom is -0.491 e. The first-order chi connectivity index (χ1) is 12.7. The predicted molar refractivity (Wildman–Crippen MR) is 105 cm³/mol. The summed E-state index contributed by atoms with van der Waals surface area (Å²) in [6.45, 7) is 11.0. The van der Waals surface area contributed by atoms with Crippen LogP contribution in [0.2, 0.25) is 0 Å². The maximum atomic E-state index is 12.5. The topological polar surface area (TPSA) is 67.9 Å². The lowest BCUT2D eigenvalue weighted by Crippen LogP contribution is -2.44. The van der Waals surface area contributed by atoms with Gasteiger partial charge in [0.05, 0.1) is 6.10 Å². The molecule has 0 bridgehead atoms. The van der Waals surface area contributed by atoms with Crippen LogP contribution in [-0.4, -0.2) is 41.7 Å². The highest BCUT2D eigenvalue weighted by Crippen LogP contribution is 2.22. The first kappa shape index (κ1) is 21.1. The molecular formula is C21H32N2O4. The van der Waals surface area contributed by atoms with Crippen LogP contribution in [0.1, 0.15) is 53.0 Å². The van der Waals surface area contributed by atoms with Crippen molar-refractivity contribution in [2.45, 2.75) is 65.7 Å². The number of amides is 2. The number of hydrogen-bond acceptors (Lipinski definition) is 4. The normalized spacial score (nSPS) is 15.6. The predicted octanol–water partition coefficient (Wildman–Crippen LogP) is 3.74. The van der Waals surface area contributed by atoms with Gasteiger partial charge in [0, 0.05) is 31.1 Å². The van der Waals surface area contributed by atoms with Crippen molar-refractivity contribution in [3.8, 4) is 5.75 Å². The fourth-order valence-corrected chi connectivity index (χ4v) is 3.00. The monoisotopic (exact) mass is 376 g/mol. The number of carbonyl (C=O) groups is 2. The zero-order chi connectivity index (χ0) is 20.0. The maximum Gasteiger partial charge on any atom is 0.410 e. The van der Waals surface area contributed by atoms with Gasteiger partial charge in [-0.1, -0.05) is 18.2 Å². The van der Waals surface area contributed by atoms with Crippen molar-refractivity contribution in [1.29, 1.82) is 0 Å². The van der Waals surface area contributed by atoms with Crippen molar-refractivity contribution in [3.63, 3.8) is 0 Å². The fourth-order valence-electron chi connectivity index (χ4n) is 3.00. The molecule has 27 heavy (non-hydrogen) atoms. The summed E-state index contributed by atoms with van der Waals surface area (Å²) < 4.78 is 11.2. The van der Waals surface area contributed by atoms with Crippen molar-refractivity contribution >= 4 is 12.0 Å². The lowest BCUT2D eigenvalue weighted by molar-refractivity contribution is -0.126. The second kappa shape index (κ2) is 9.11. The molecule has 1 aliphatic heterocycles. The van der Waals surface area contributed by atoms with Gasteiger partial charge in [-0.05, 0) is 53.5 Å². The van der Waals surface area contributed by atoms with Crippen molar-refractivity contribution in [2.24, 2.45) is 5.92 Å². The number of carbonyl (C=O) groups excluding carboxylic acids is 2. The third-order valence-electron chi connectivity index (χ3n) is 4.31. The Labute approximate surface area is 162 Å². The first-order valence-corrected chi connectivity index (χ1v) is 9.66. The largest absolute Gasteiger partial charge is 0.491 e. The smallest absolute Gasteiger partial charge is 0.410 e. The van der Waals surface area contributed by atoms with Crippen LogP contribution in [0.4, 0.5) is 4.79 Å². The van der Waals surface area contributed by atoms with Gasteiger partial charge in [0.2, 0.25) is 5.91 Å². The summed E-state index contributed by atoms with van der Waals surface area (Å²) >= 11 is 0. The lowest BCUT2D eigenvalue weighted by atomic mass is 9.96. The average Bonchev–Trinajstić information content (AvgIpc) is 2.59. The molecule has 1 saturated heterocycles. The van der Waals surface area contributed by atoms with Crippen molar-refractivity contribution in [2.75, 3.05) is 13.1 Å². The van der Waals surface area contributed by atoms with Crippen LogP contribution in [0.5, 0.6) is 5.75 Å². The number of nitrogens with zero attached hydrogens (tertiary/aromatic N) is 1. The number of rotatable bonds is 5. The van der Waals surface area contributed by atoms with Crippen LogP contribution in [-0.2, 0) is 16.1 Å². The van der Waals surface area contributed by atoms with Gasteiger partial charge in [-0.25, -0.2) is 4.79 Å². The van der Waals surface area contributed by atoms with Crippen LogP contribution < -0.4 is 10.1 Å². The van der Waals surface area contributed by atoms with Crippen LogP contribution in [0.15, 0.2) is 24.3 Å². The summed E-state index contributed by atoms with van der Waals surface area (Å²) in [4.78, 5) is 26.3. The Bertz CT molecular complexity index is 644.